The maximum Gasteiger partial charge on any atom is 0.407 e. The van der Waals surface area contributed by atoms with Gasteiger partial charge in [0.2, 0.25) is 5.91 Å². The molecule has 0 heterocycles. The highest BCUT2D eigenvalue weighted by atomic mass is 19.3. The number of fused-ring (bicyclic) bond motifs is 3. The fourth-order valence-corrected chi connectivity index (χ4v) is 4.96. The van der Waals surface area contributed by atoms with Crippen LogP contribution in [0.2, 0.25) is 0 Å². The van der Waals surface area contributed by atoms with Crippen LogP contribution in [0.3, 0.4) is 0 Å². The van der Waals surface area contributed by atoms with Crippen LogP contribution in [0.25, 0.3) is 11.1 Å². The number of benzene rings is 2. The van der Waals surface area contributed by atoms with Gasteiger partial charge in [0.05, 0.1) is 11.8 Å². The lowest BCUT2D eigenvalue weighted by Crippen LogP contribution is -2.31. The molecule has 0 saturated heterocycles. The van der Waals surface area contributed by atoms with Gasteiger partial charge in [-0.25, -0.2) is 13.6 Å². The largest absolute Gasteiger partial charge is 0.481 e. The van der Waals surface area contributed by atoms with Crippen molar-refractivity contribution in [1.29, 1.82) is 0 Å². The first-order valence-corrected chi connectivity index (χ1v) is 11.3. The highest BCUT2D eigenvalue weighted by molar-refractivity contribution is 5.84. The van der Waals surface area contributed by atoms with E-state index in [1.807, 2.05) is 48.5 Å². The summed E-state index contributed by atoms with van der Waals surface area (Å²) in [5.74, 6) is -8.73. The number of alkyl carbamates (subject to hydrolysis) is 1. The fraction of sp³-hybridized carbons (Fsp3) is 0.400. The number of halogens is 2. The molecule has 0 aromatic heterocycles. The van der Waals surface area contributed by atoms with Crippen molar-refractivity contribution in [3.8, 4) is 11.1 Å². The lowest BCUT2D eigenvalue weighted by molar-refractivity contribution is -0.139. The predicted molar refractivity (Wildman–Crippen MR) is 117 cm³/mol. The zero-order valence-electron chi connectivity index (χ0n) is 18.2. The number of hydrogen-bond donors (Lipinski definition) is 3. The molecule has 0 spiro atoms. The van der Waals surface area contributed by atoms with Crippen molar-refractivity contribution in [3.63, 3.8) is 0 Å². The van der Waals surface area contributed by atoms with Gasteiger partial charge in [-0.1, -0.05) is 48.5 Å². The van der Waals surface area contributed by atoms with Crippen LogP contribution in [0.5, 0.6) is 0 Å². The molecule has 2 aromatic carbocycles. The van der Waals surface area contributed by atoms with Gasteiger partial charge in [0.1, 0.15) is 12.5 Å². The minimum absolute atomic E-state index is 0.0644. The number of rotatable bonds is 8. The normalized spacial score (nSPS) is 25.6. The lowest BCUT2D eigenvalue weighted by atomic mass is 9.98. The summed E-state index contributed by atoms with van der Waals surface area (Å²) in [6, 6.07) is 15.7. The molecular formula is C25H24F2N2O5. The standard InChI is InChI=1S/C25H24F2N2O5/c26-25(27)20(21(25)22(30)28-10-13-9-18(13)23(31)32)11-29-24(33)34-12-19-16-7-3-1-5-14(16)15-6-2-4-8-17(15)19/h1-8,13,18-21H,9-12H2,(H,28,30)(H,29,33)(H,31,32)/t13-,18-,20?,21?/m1/s1. The molecule has 2 fully saturated rings. The summed E-state index contributed by atoms with van der Waals surface area (Å²) in [6.07, 6.45) is -0.380. The number of alkyl halides is 2. The molecule has 2 amide bonds. The van der Waals surface area contributed by atoms with Crippen molar-refractivity contribution in [2.24, 2.45) is 23.7 Å². The fourth-order valence-electron chi connectivity index (χ4n) is 4.96. The smallest absolute Gasteiger partial charge is 0.407 e. The number of ether oxygens (including phenoxy) is 1. The predicted octanol–water partition coefficient (Wildman–Crippen LogP) is 3.24. The minimum Gasteiger partial charge on any atom is -0.481 e. The molecule has 34 heavy (non-hydrogen) atoms. The van der Waals surface area contributed by atoms with Gasteiger partial charge in [0, 0.05) is 19.0 Å². The molecular weight excluding hydrogens is 446 g/mol. The van der Waals surface area contributed by atoms with Gasteiger partial charge in [0.15, 0.2) is 0 Å². The average Bonchev–Trinajstić information content (AvgIpc) is 3.68. The van der Waals surface area contributed by atoms with Crippen molar-refractivity contribution < 1.29 is 33.0 Å². The first-order chi connectivity index (χ1) is 16.3. The van der Waals surface area contributed by atoms with Gasteiger partial charge in [0.25, 0.3) is 5.92 Å². The summed E-state index contributed by atoms with van der Waals surface area (Å²) in [6.45, 7) is -0.255. The van der Waals surface area contributed by atoms with Crippen molar-refractivity contribution in [2.75, 3.05) is 19.7 Å². The van der Waals surface area contributed by atoms with Crippen LogP contribution in [0, 0.1) is 23.7 Å². The zero-order valence-corrected chi connectivity index (χ0v) is 18.2. The van der Waals surface area contributed by atoms with Crippen LogP contribution in [0.15, 0.2) is 48.5 Å². The third kappa shape index (κ3) is 3.99. The Bertz CT molecular complexity index is 1110. The quantitative estimate of drug-likeness (QED) is 0.550. The van der Waals surface area contributed by atoms with Crippen LogP contribution in [0.4, 0.5) is 13.6 Å². The summed E-state index contributed by atoms with van der Waals surface area (Å²) in [4.78, 5) is 35.2. The van der Waals surface area contributed by atoms with E-state index in [0.717, 1.165) is 22.3 Å². The van der Waals surface area contributed by atoms with E-state index in [9.17, 15) is 23.2 Å². The maximum absolute atomic E-state index is 14.1. The third-order valence-electron chi connectivity index (χ3n) is 7.07. The van der Waals surface area contributed by atoms with E-state index >= 15 is 0 Å². The Morgan fingerprint density at radius 3 is 2.18 bits per heavy atom. The highest BCUT2D eigenvalue weighted by Gasteiger charge is 2.71. The summed E-state index contributed by atoms with van der Waals surface area (Å²) >= 11 is 0. The second kappa shape index (κ2) is 8.38. The van der Waals surface area contributed by atoms with E-state index in [1.165, 1.54) is 0 Å². The van der Waals surface area contributed by atoms with Crippen LogP contribution in [-0.2, 0) is 14.3 Å². The Labute approximate surface area is 194 Å². The van der Waals surface area contributed by atoms with Crippen LogP contribution in [0.1, 0.15) is 23.5 Å². The molecule has 3 aliphatic carbocycles. The highest BCUT2D eigenvalue weighted by Crippen LogP contribution is 2.55. The Kier molecular flexibility index (Phi) is 5.50. The number of carboxylic acids is 1. The first kappa shape index (κ1) is 22.3. The number of nitrogens with one attached hydrogen (secondary N) is 2. The molecule has 0 radical (unpaired) electrons. The van der Waals surface area contributed by atoms with Gasteiger partial charge >= 0.3 is 12.1 Å². The minimum atomic E-state index is -3.23. The van der Waals surface area contributed by atoms with Gasteiger partial charge < -0.3 is 20.5 Å². The van der Waals surface area contributed by atoms with E-state index in [2.05, 4.69) is 10.6 Å². The average molecular weight is 470 g/mol. The lowest BCUT2D eigenvalue weighted by Gasteiger charge is -2.14. The van der Waals surface area contributed by atoms with E-state index in [-0.39, 0.29) is 31.5 Å². The monoisotopic (exact) mass is 470 g/mol. The molecule has 0 bridgehead atoms. The topological polar surface area (TPSA) is 105 Å². The second-order valence-electron chi connectivity index (χ2n) is 9.15. The number of amides is 2. The number of carbonyl (C=O) groups is 3. The molecule has 2 saturated carbocycles. The van der Waals surface area contributed by atoms with Crippen molar-refractivity contribution in [3.05, 3.63) is 59.7 Å². The molecule has 3 aliphatic rings. The second-order valence-corrected chi connectivity index (χ2v) is 9.15. The van der Waals surface area contributed by atoms with Crippen molar-refractivity contribution >= 4 is 18.0 Å². The molecule has 3 N–H and O–H groups in total. The van der Waals surface area contributed by atoms with Crippen molar-refractivity contribution in [2.45, 2.75) is 18.3 Å². The first-order valence-electron chi connectivity index (χ1n) is 11.3. The van der Waals surface area contributed by atoms with E-state index in [0.29, 0.717) is 6.42 Å². The van der Waals surface area contributed by atoms with Crippen LogP contribution in [-0.4, -0.2) is 48.7 Å². The van der Waals surface area contributed by atoms with E-state index in [4.69, 9.17) is 9.84 Å². The summed E-state index contributed by atoms with van der Waals surface area (Å²) < 4.78 is 33.6. The summed E-state index contributed by atoms with van der Waals surface area (Å²) in [5.41, 5.74) is 4.25. The molecule has 4 atom stereocenters. The molecule has 2 aromatic rings. The van der Waals surface area contributed by atoms with Gasteiger partial charge in [-0.15, -0.1) is 0 Å². The number of hydrogen-bond acceptors (Lipinski definition) is 4. The molecule has 178 valence electrons. The molecule has 5 rings (SSSR count). The Balaban J connectivity index is 1.11. The van der Waals surface area contributed by atoms with E-state index in [1.54, 1.807) is 0 Å². The van der Waals surface area contributed by atoms with Gasteiger partial charge in [-0.2, -0.15) is 0 Å². The molecule has 2 unspecified atom stereocenters. The number of aliphatic carboxylic acids is 1. The molecule has 9 heteroatoms. The zero-order chi connectivity index (χ0) is 24.0. The third-order valence-corrected chi connectivity index (χ3v) is 7.07. The van der Waals surface area contributed by atoms with Crippen LogP contribution < -0.4 is 10.6 Å². The SMILES string of the molecule is O=C(NCC1C(C(=O)NC[C@H]2C[C@H]2C(=O)O)C1(F)F)OCC1c2ccccc2-c2ccccc21. The molecule has 7 nitrogen and oxygen atoms in total. The van der Waals surface area contributed by atoms with E-state index < -0.39 is 41.6 Å². The Hall–Kier alpha value is -3.49. The van der Waals surface area contributed by atoms with Crippen LogP contribution >= 0.6 is 0 Å². The molecule has 0 aliphatic heterocycles. The van der Waals surface area contributed by atoms with Crippen molar-refractivity contribution in [1.82, 2.24) is 10.6 Å². The number of carbonyl (C=O) groups excluding carboxylic acids is 2. The Morgan fingerprint density at radius 1 is 0.971 bits per heavy atom. The van der Waals surface area contributed by atoms with Gasteiger partial charge in [-0.05, 0) is 34.6 Å². The summed E-state index contributed by atoms with van der Waals surface area (Å²) in [7, 11) is 0. The van der Waals surface area contributed by atoms with Gasteiger partial charge in [-0.3, -0.25) is 9.59 Å². The maximum atomic E-state index is 14.1. The Morgan fingerprint density at radius 2 is 1.59 bits per heavy atom. The number of carboxylic acid groups (broad SMARTS) is 1. The summed E-state index contributed by atoms with van der Waals surface area (Å²) in [5, 5.41) is 13.7.